The first-order valence-electron chi connectivity index (χ1n) is 6.48. The molecular formula is C12H20Cl2N6O2. The van der Waals surface area contributed by atoms with Gasteiger partial charge in [-0.15, -0.1) is 24.8 Å². The Morgan fingerprint density at radius 2 is 1.27 bits per heavy atom. The molecular weight excluding hydrogens is 331 g/mol. The van der Waals surface area contributed by atoms with Crippen LogP contribution in [-0.4, -0.2) is 61.5 Å². The second-order valence-corrected chi connectivity index (χ2v) is 5.04. The molecule has 2 N–H and O–H groups in total. The third-order valence-corrected chi connectivity index (χ3v) is 3.23. The maximum atomic E-state index is 11.3. The van der Waals surface area contributed by atoms with Crippen molar-refractivity contribution in [3.8, 4) is 0 Å². The number of aldehydes is 2. The summed E-state index contributed by atoms with van der Waals surface area (Å²) in [7, 11) is 0. The Bertz CT molecular complexity index is 466. The molecule has 8 nitrogen and oxygen atoms in total. The first-order valence-corrected chi connectivity index (χ1v) is 6.48. The number of carbonyl (C=O) groups excluding carboxylic acids is 2. The lowest BCUT2D eigenvalue weighted by atomic mass is 10.0. The molecule has 0 aromatic rings. The van der Waals surface area contributed by atoms with Crippen molar-refractivity contribution in [1.29, 1.82) is 0 Å². The standard InChI is InChI=1S/C12H18N6O2.2ClH/c1-11(7-19,9-13-3-4-14-9)17-18-12(2,8-20)10-15-5-6-16-10;;/h7-8H,3-6H2,1-2H3,(H,13,14)(H,15,16);2*1H. The normalized spacial score (nSPS) is 21.9. The average Bonchev–Trinajstić information content (AvgIpc) is 3.16. The van der Waals surface area contributed by atoms with Crippen LogP contribution in [0.15, 0.2) is 20.2 Å². The van der Waals surface area contributed by atoms with Gasteiger partial charge in [0, 0.05) is 13.1 Å². The summed E-state index contributed by atoms with van der Waals surface area (Å²) in [4.78, 5) is 31.0. The minimum absolute atomic E-state index is 0. The van der Waals surface area contributed by atoms with E-state index in [-0.39, 0.29) is 24.8 Å². The lowest BCUT2D eigenvalue weighted by molar-refractivity contribution is -0.111. The molecule has 2 unspecified atom stereocenters. The monoisotopic (exact) mass is 350 g/mol. The van der Waals surface area contributed by atoms with Gasteiger partial charge in [-0.25, -0.2) is 0 Å². The first kappa shape index (κ1) is 20.5. The maximum absolute atomic E-state index is 11.3. The van der Waals surface area contributed by atoms with Crippen LogP contribution in [0, 0.1) is 0 Å². The number of hydrogen-bond acceptors (Lipinski definition) is 8. The predicted molar refractivity (Wildman–Crippen MR) is 88.9 cm³/mol. The average molecular weight is 351 g/mol. The molecule has 0 aliphatic carbocycles. The van der Waals surface area contributed by atoms with E-state index >= 15 is 0 Å². The quantitative estimate of drug-likeness (QED) is 0.526. The lowest BCUT2D eigenvalue weighted by Gasteiger charge is -2.21. The van der Waals surface area contributed by atoms with Gasteiger partial charge in [0.1, 0.15) is 11.7 Å². The van der Waals surface area contributed by atoms with Crippen LogP contribution in [0.25, 0.3) is 0 Å². The smallest absolute Gasteiger partial charge is 0.190 e. The Kier molecular flexibility index (Phi) is 7.61. The third-order valence-electron chi connectivity index (χ3n) is 3.23. The fraction of sp³-hybridized carbons (Fsp3) is 0.667. The molecule has 0 amide bonds. The third kappa shape index (κ3) is 4.01. The summed E-state index contributed by atoms with van der Waals surface area (Å²) < 4.78 is 0. The number of amidine groups is 2. The van der Waals surface area contributed by atoms with Gasteiger partial charge < -0.3 is 20.2 Å². The number of nitrogens with zero attached hydrogens (tertiary/aromatic N) is 4. The van der Waals surface area contributed by atoms with Gasteiger partial charge in [-0.1, -0.05) is 0 Å². The van der Waals surface area contributed by atoms with Gasteiger partial charge in [0.15, 0.2) is 23.7 Å². The van der Waals surface area contributed by atoms with Crippen molar-refractivity contribution in [1.82, 2.24) is 10.6 Å². The molecule has 2 heterocycles. The highest BCUT2D eigenvalue weighted by molar-refractivity contribution is 6.06. The summed E-state index contributed by atoms with van der Waals surface area (Å²) in [6.07, 6.45) is 1.34. The number of aliphatic imine (C=N–C) groups is 2. The largest absolute Gasteiger partial charge is 0.369 e. The van der Waals surface area contributed by atoms with E-state index in [0.717, 1.165) is 0 Å². The molecule has 0 saturated heterocycles. The number of halogens is 2. The van der Waals surface area contributed by atoms with Crippen LogP contribution >= 0.6 is 24.8 Å². The highest BCUT2D eigenvalue weighted by Crippen LogP contribution is 2.17. The molecule has 0 bridgehead atoms. The summed E-state index contributed by atoms with van der Waals surface area (Å²) in [6.45, 7) is 5.77. The first-order chi connectivity index (χ1) is 9.54. The van der Waals surface area contributed by atoms with E-state index in [9.17, 15) is 9.59 Å². The molecule has 0 fully saturated rings. The fourth-order valence-corrected chi connectivity index (χ4v) is 1.94. The van der Waals surface area contributed by atoms with Crippen molar-refractivity contribution in [2.75, 3.05) is 26.2 Å². The molecule has 22 heavy (non-hydrogen) atoms. The lowest BCUT2D eigenvalue weighted by Crippen LogP contribution is -2.45. The zero-order valence-corrected chi connectivity index (χ0v) is 14.0. The highest BCUT2D eigenvalue weighted by atomic mass is 35.5. The van der Waals surface area contributed by atoms with Crippen LogP contribution in [0.3, 0.4) is 0 Å². The van der Waals surface area contributed by atoms with Gasteiger partial charge >= 0.3 is 0 Å². The van der Waals surface area contributed by atoms with Crippen LogP contribution in [0.2, 0.25) is 0 Å². The fourth-order valence-electron chi connectivity index (χ4n) is 1.94. The van der Waals surface area contributed by atoms with Crippen LogP contribution < -0.4 is 10.6 Å². The predicted octanol–water partition coefficient (Wildman–Crippen LogP) is 0.201. The van der Waals surface area contributed by atoms with Crippen LogP contribution in [0.1, 0.15) is 13.8 Å². The molecule has 2 aliphatic heterocycles. The Labute approximate surface area is 141 Å². The molecule has 0 aromatic heterocycles. The van der Waals surface area contributed by atoms with E-state index in [1.165, 1.54) is 0 Å². The zero-order valence-electron chi connectivity index (χ0n) is 12.4. The van der Waals surface area contributed by atoms with Crippen molar-refractivity contribution < 1.29 is 9.59 Å². The zero-order chi connectivity index (χ0) is 14.6. The SMILES string of the molecule is CC(C=O)(N=NC(C)(C=O)C1=NCCN1)C1=NCCN1.Cl.Cl. The van der Waals surface area contributed by atoms with Crippen LogP contribution in [-0.2, 0) is 9.59 Å². The summed E-state index contributed by atoms with van der Waals surface area (Å²) in [5.41, 5.74) is -2.39. The second kappa shape index (κ2) is 8.19. The van der Waals surface area contributed by atoms with E-state index < -0.39 is 11.1 Å². The van der Waals surface area contributed by atoms with Crippen molar-refractivity contribution in [2.24, 2.45) is 20.2 Å². The molecule has 124 valence electrons. The van der Waals surface area contributed by atoms with E-state index in [4.69, 9.17) is 0 Å². The second-order valence-electron chi connectivity index (χ2n) is 5.04. The van der Waals surface area contributed by atoms with Crippen molar-refractivity contribution >= 4 is 49.1 Å². The van der Waals surface area contributed by atoms with Gasteiger partial charge in [0.05, 0.1) is 13.1 Å². The van der Waals surface area contributed by atoms with E-state index in [2.05, 4.69) is 30.8 Å². The number of carbonyl (C=O) groups is 2. The maximum Gasteiger partial charge on any atom is 0.190 e. The summed E-state index contributed by atoms with van der Waals surface area (Å²) >= 11 is 0. The number of nitrogens with one attached hydrogen (secondary N) is 2. The minimum Gasteiger partial charge on any atom is -0.369 e. The van der Waals surface area contributed by atoms with Gasteiger partial charge in [-0.2, -0.15) is 10.2 Å². The molecule has 2 atom stereocenters. The minimum atomic E-state index is -1.19. The van der Waals surface area contributed by atoms with Crippen molar-refractivity contribution in [2.45, 2.75) is 24.9 Å². The van der Waals surface area contributed by atoms with Crippen LogP contribution in [0.4, 0.5) is 0 Å². The number of hydrogen-bond donors (Lipinski definition) is 2. The Morgan fingerprint density at radius 3 is 1.50 bits per heavy atom. The van der Waals surface area contributed by atoms with Gasteiger partial charge in [-0.05, 0) is 13.8 Å². The summed E-state index contributed by atoms with van der Waals surface area (Å²) in [6, 6.07) is 0. The van der Waals surface area contributed by atoms with E-state index in [1.807, 2.05) is 0 Å². The van der Waals surface area contributed by atoms with Crippen LogP contribution in [0.5, 0.6) is 0 Å². The molecule has 2 aliphatic rings. The Balaban J connectivity index is 0.00000220. The molecule has 0 aromatic carbocycles. The molecule has 0 saturated carbocycles. The van der Waals surface area contributed by atoms with Crippen molar-refractivity contribution in [3.05, 3.63) is 0 Å². The molecule has 0 spiro atoms. The topological polar surface area (TPSA) is 108 Å². The molecule has 0 radical (unpaired) electrons. The summed E-state index contributed by atoms with van der Waals surface area (Å²) in [5.74, 6) is 0.955. The Hall–Kier alpha value is -1.54. The van der Waals surface area contributed by atoms with E-state index in [0.29, 0.717) is 50.4 Å². The Morgan fingerprint density at radius 1 is 0.909 bits per heavy atom. The van der Waals surface area contributed by atoms with Gasteiger partial charge in [-0.3, -0.25) is 9.98 Å². The number of azo groups is 1. The highest BCUT2D eigenvalue weighted by Gasteiger charge is 2.36. The summed E-state index contributed by atoms with van der Waals surface area (Å²) in [5, 5.41) is 14.1. The van der Waals surface area contributed by atoms with E-state index in [1.54, 1.807) is 13.8 Å². The van der Waals surface area contributed by atoms with Gasteiger partial charge in [0.2, 0.25) is 0 Å². The van der Waals surface area contributed by atoms with Crippen molar-refractivity contribution in [3.63, 3.8) is 0 Å². The number of rotatable bonds is 6. The van der Waals surface area contributed by atoms with Gasteiger partial charge in [0.25, 0.3) is 0 Å². The molecule has 10 heteroatoms. The molecule has 2 rings (SSSR count).